The highest BCUT2D eigenvalue weighted by molar-refractivity contribution is 6.29. The highest BCUT2D eigenvalue weighted by atomic mass is 35.5. The molecule has 0 N–H and O–H groups in total. The van der Waals surface area contributed by atoms with Gasteiger partial charge >= 0.3 is 5.97 Å². The van der Waals surface area contributed by atoms with Crippen LogP contribution in [0.15, 0.2) is 24.5 Å². The molecule has 2 aromatic rings. The van der Waals surface area contributed by atoms with Gasteiger partial charge in [0.1, 0.15) is 5.15 Å². The maximum atomic E-state index is 11.8. The second-order valence-corrected chi connectivity index (χ2v) is 4.57. The van der Waals surface area contributed by atoms with E-state index in [1.165, 1.54) is 13.3 Å². The van der Waals surface area contributed by atoms with Crippen LogP contribution in [0.3, 0.4) is 0 Å². The predicted molar refractivity (Wildman–Crippen MR) is 73.3 cm³/mol. The van der Waals surface area contributed by atoms with Crippen LogP contribution in [0.1, 0.15) is 21.6 Å². The summed E-state index contributed by atoms with van der Waals surface area (Å²) in [7, 11) is 1.35. The monoisotopic (exact) mass is 276 g/mol. The molecule has 0 atom stereocenters. The number of carbonyl (C=O) groups excluding carboxylic acids is 1. The van der Waals surface area contributed by atoms with Crippen molar-refractivity contribution in [3.63, 3.8) is 0 Å². The number of methoxy groups -OCH3 is 1. The van der Waals surface area contributed by atoms with E-state index < -0.39 is 5.97 Å². The Bertz CT molecular complexity index is 641. The summed E-state index contributed by atoms with van der Waals surface area (Å²) in [5.74, 6) is -0.421. The minimum absolute atomic E-state index is 0.380. The normalized spacial score (nSPS) is 10.3. The molecule has 0 bridgehead atoms. The topological polar surface area (TPSA) is 52.1 Å². The summed E-state index contributed by atoms with van der Waals surface area (Å²) in [5, 5.41) is 0.380. The van der Waals surface area contributed by atoms with Crippen LogP contribution in [0, 0.1) is 13.8 Å². The zero-order valence-electron chi connectivity index (χ0n) is 10.9. The third-order valence-corrected chi connectivity index (χ3v) is 3.01. The van der Waals surface area contributed by atoms with Gasteiger partial charge < -0.3 is 4.74 Å². The molecule has 0 amide bonds. The lowest BCUT2D eigenvalue weighted by Crippen LogP contribution is -2.05. The van der Waals surface area contributed by atoms with E-state index in [1.807, 2.05) is 19.9 Å². The van der Waals surface area contributed by atoms with Gasteiger partial charge in [0, 0.05) is 18.1 Å². The maximum absolute atomic E-state index is 11.8. The largest absolute Gasteiger partial charge is 0.465 e. The molecule has 0 aliphatic rings. The summed E-state index contributed by atoms with van der Waals surface area (Å²) in [6.07, 6.45) is 3.19. The molecule has 0 saturated heterocycles. The first-order valence-electron chi connectivity index (χ1n) is 5.70. The summed E-state index contributed by atoms with van der Waals surface area (Å²) < 4.78 is 4.78. The Hall–Kier alpha value is -1.94. The van der Waals surface area contributed by atoms with Crippen LogP contribution in [0.25, 0.3) is 11.1 Å². The van der Waals surface area contributed by atoms with Crippen molar-refractivity contribution in [1.82, 2.24) is 9.97 Å². The first kappa shape index (κ1) is 13.5. The molecule has 0 aliphatic carbocycles. The summed E-state index contributed by atoms with van der Waals surface area (Å²) in [6.45, 7) is 3.78. The molecule has 4 nitrogen and oxygen atoms in total. The second kappa shape index (κ2) is 5.36. The molecule has 0 aliphatic heterocycles. The fraction of sp³-hybridized carbons (Fsp3) is 0.214. The summed E-state index contributed by atoms with van der Waals surface area (Å²) in [6, 6.07) is 3.57. The third kappa shape index (κ3) is 2.74. The maximum Gasteiger partial charge on any atom is 0.340 e. The SMILES string of the molecule is COC(=O)c1cnc(C)cc1-c1cc(Cl)ncc1C. The quantitative estimate of drug-likeness (QED) is 0.624. The summed E-state index contributed by atoms with van der Waals surface area (Å²) >= 11 is 5.93. The number of esters is 1. The molecule has 19 heavy (non-hydrogen) atoms. The number of pyridine rings is 2. The number of aromatic nitrogens is 2. The average molecular weight is 277 g/mol. The lowest BCUT2D eigenvalue weighted by Gasteiger charge is -2.11. The van der Waals surface area contributed by atoms with Crippen LogP contribution in [0.4, 0.5) is 0 Å². The molecule has 98 valence electrons. The van der Waals surface area contributed by atoms with E-state index in [4.69, 9.17) is 16.3 Å². The van der Waals surface area contributed by atoms with Gasteiger partial charge in [0.2, 0.25) is 0 Å². The van der Waals surface area contributed by atoms with Crippen molar-refractivity contribution in [2.24, 2.45) is 0 Å². The second-order valence-electron chi connectivity index (χ2n) is 4.18. The van der Waals surface area contributed by atoms with E-state index in [1.54, 1.807) is 12.3 Å². The van der Waals surface area contributed by atoms with E-state index >= 15 is 0 Å². The molecule has 0 fully saturated rings. The Balaban J connectivity index is 2.69. The van der Waals surface area contributed by atoms with Gasteiger partial charge in [-0.3, -0.25) is 4.98 Å². The van der Waals surface area contributed by atoms with Crippen molar-refractivity contribution in [3.8, 4) is 11.1 Å². The highest BCUT2D eigenvalue weighted by Gasteiger charge is 2.16. The zero-order valence-corrected chi connectivity index (χ0v) is 11.7. The molecule has 0 unspecified atom stereocenters. The van der Waals surface area contributed by atoms with Crippen LogP contribution in [-0.4, -0.2) is 23.0 Å². The average Bonchev–Trinajstić information content (AvgIpc) is 2.40. The Morgan fingerprint density at radius 1 is 1.16 bits per heavy atom. The van der Waals surface area contributed by atoms with Gasteiger partial charge in [-0.15, -0.1) is 0 Å². The van der Waals surface area contributed by atoms with Crippen LogP contribution in [0.2, 0.25) is 5.15 Å². The third-order valence-electron chi connectivity index (χ3n) is 2.81. The molecule has 2 aromatic heterocycles. The lowest BCUT2D eigenvalue weighted by molar-refractivity contribution is 0.0601. The number of rotatable bonds is 2. The molecule has 5 heteroatoms. The standard InChI is InChI=1S/C14H13ClN2O2/c1-8-6-17-13(15)5-10(8)11-4-9(2)16-7-12(11)14(18)19-3/h4-7H,1-3H3. The number of hydrogen-bond donors (Lipinski definition) is 0. The number of halogens is 1. The van der Waals surface area contributed by atoms with Crippen LogP contribution in [0.5, 0.6) is 0 Å². The number of aryl methyl sites for hydroxylation is 2. The van der Waals surface area contributed by atoms with Crippen molar-refractivity contribution in [1.29, 1.82) is 0 Å². The fourth-order valence-corrected chi connectivity index (χ4v) is 2.00. The Labute approximate surface area is 116 Å². The molecular formula is C14H13ClN2O2. The van der Waals surface area contributed by atoms with Gasteiger partial charge in [-0.25, -0.2) is 9.78 Å². The lowest BCUT2D eigenvalue weighted by atomic mass is 9.98. The molecule has 0 radical (unpaired) electrons. The molecule has 0 saturated carbocycles. The van der Waals surface area contributed by atoms with E-state index in [-0.39, 0.29) is 0 Å². The smallest absolute Gasteiger partial charge is 0.340 e. The van der Waals surface area contributed by atoms with Gasteiger partial charge in [-0.2, -0.15) is 0 Å². The van der Waals surface area contributed by atoms with E-state index in [9.17, 15) is 4.79 Å². The van der Waals surface area contributed by atoms with Gasteiger partial charge in [0.25, 0.3) is 0 Å². The van der Waals surface area contributed by atoms with Crippen LogP contribution in [-0.2, 0) is 4.74 Å². The number of nitrogens with zero attached hydrogens (tertiary/aromatic N) is 2. The van der Waals surface area contributed by atoms with Gasteiger partial charge in [-0.05, 0) is 42.7 Å². The molecule has 2 heterocycles. The minimum atomic E-state index is -0.421. The van der Waals surface area contributed by atoms with E-state index in [0.29, 0.717) is 10.7 Å². The van der Waals surface area contributed by atoms with Crippen LogP contribution < -0.4 is 0 Å². The van der Waals surface area contributed by atoms with Crippen molar-refractivity contribution < 1.29 is 9.53 Å². The van der Waals surface area contributed by atoms with Gasteiger partial charge in [0.15, 0.2) is 0 Å². The van der Waals surface area contributed by atoms with Crippen molar-refractivity contribution in [3.05, 3.63) is 46.5 Å². The highest BCUT2D eigenvalue weighted by Crippen LogP contribution is 2.29. The van der Waals surface area contributed by atoms with Gasteiger partial charge in [-0.1, -0.05) is 11.6 Å². The summed E-state index contributed by atoms with van der Waals surface area (Å²) in [5.41, 5.74) is 3.76. The first-order chi connectivity index (χ1) is 9.02. The van der Waals surface area contributed by atoms with Crippen molar-refractivity contribution in [2.45, 2.75) is 13.8 Å². The zero-order chi connectivity index (χ0) is 14.0. The Kier molecular flexibility index (Phi) is 3.81. The molecule has 2 rings (SSSR count). The minimum Gasteiger partial charge on any atom is -0.465 e. The van der Waals surface area contributed by atoms with E-state index in [0.717, 1.165) is 22.4 Å². The van der Waals surface area contributed by atoms with Crippen LogP contribution >= 0.6 is 11.6 Å². The number of ether oxygens (including phenoxy) is 1. The first-order valence-corrected chi connectivity index (χ1v) is 6.08. The Morgan fingerprint density at radius 2 is 1.89 bits per heavy atom. The molecule has 0 aromatic carbocycles. The molecule has 0 spiro atoms. The number of carbonyl (C=O) groups is 1. The van der Waals surface area contributed by atoms with E-state index in [2.05, 4.69) is 9.97 Å². The number of hydrogen-bond acceptors (Lipinski definition) is 4. The van der Waals surface area contributed by atoms with Gasteiger partial charge in [0.05, 0.1) is 12.7 Å². The molecular weight excluding hydrogens is 264 g/mol. The summed E-state index contributed by atoms with van der Waals surface area (Å²) in [4.78, 5) is 20.0. The van der Waals surface area contributed by atoms with Crippen molar-refractivity contribution in [2.75, 3.05) is 7.11 Å². The fourth-order valence-electron chi connectivity index (χ4n) is 1.84. The predicted octanol–water partition coefficient (Wildman–Crippen LogP) is 3.20. The van der Waals surface area contributed by atoms with Crippen molar-refractivity contribution >= 4 is 17.6 Å². The Morgan fingerprint density at radius 3 is 2.58 bits per heavy atom.